The second kappa shape index (κ2) is 5.39. The quantitative estimate of drug-likeness (QED) is 0.322. The van der Waals surface area contributed by atoms with Gasteiger partial charge in [0.15, 0.2) is 0 Å². The number of H-pyrrole nitrogens is 3. The second-order valence-electron chi connectivity index (χ2n) is 6.94. The van der Waals surface area contributed by atoms with Gasteiger partial charge in [0, 0.05) is 44.6 Å². The Hall–Kier alpha value is -3.72. The van der Waals surface area contributed by atoms with Crippen molar-refractivity contribution in [3.8, 4) is 22.6 Å². The van der Waals surface area contributed by atoms with E-state index in [2.05, 4.69) is 100 Å². The first-order valence-corrected chi connectivity index (χ1v) is 9.14. The van der Waals surface area contributed by atoms with E-state index in [1.54, 1.807) is 0 Å². The normalized spacial score (nSPS) is 11.7. The summed E-state index contributed by atoms with van der Waals surface area (Å²) in [5, 5.41) is 4.88. The van der Waals surface area contributed by atoms with Crippen LogP contribution in [-0.4, -0.2) is 15.0 Å². The van der Waals surface area contributed by atoms with Crippen molar-refractivity contribution in [1.82, 2.24) is 15.0 Å². The summed E-state index contributed by atoms with van der Waals surface area (Å²) in [6.07, 6.45) is 2.07. The molecule has 3 heteroatoms. The molecule has 3 aromatic carbocycles. The van der Waals surface area contributed by atoms with Crippen molar-refractivity contribution in [3.63, 3.8) is 0 Å². The van der Waals surface area contributed by atoms with Crippen molar-refractivity contribution in [2.75, 3.05) is 0 Å². The maximum atomic E-state index is 3.65. The summed E-state index contributed by atoms with van der Waals surface area (Å²) in [5.41, 5.74) is 6.86. The van der Waals surface area contributed by atoms with Crippen LogP contribution in [0.15, 0.2) is 85.1 Å². The minimum Gasteiger partial charge on any atom is -0.359 e. The molecule has 0 unspecified atom stereocenters. The number of fused-ring (bicyclic) bond motifs is 3. The highest BCUT2D eigenvalue weighted by molar-refractivity contribution is 6.08. The van der Waals surface area contributed by atoms with Crippen LogP contribution in [0.4, 0.5) is 0 Å². The molecule has 128 valence electrons. The molecule has 0 amide bonds. The van der Waals surface area contributed by atoms with E-state index in [0.717, 1.165) is 28.1 Å². The van der Waals surface area contributed by atoms with Crippen LogP contribution in [-0.2, 0) is 0 Å². The first-order chi connectivity index (χ1) is 13.4. The maximum Gasteiger partial charge on any atom is 0.0731 e. The molecule has 27 heavy (non-hydrogen) atoms. The van der Waals surface area contributed by atoms with Gasteiger partial charge in [-0.25, -0.2) is 0 Å². The topological polar surface area (TPSA) is 47.4 Å². The molecule has 0 bridgehead atoms. The number of hydrogen-bond acceptors (Lipinski definition) is 0. The molecular weight excluding hydrogens is 330 g/mol. The molecule has 3 aromatic heterocycles. The second-order valence-corrected chi connectivity index (χ2v) is 6.94. The van der Waals surface area contributed by atoms with E-state index in [1.165, 1.54) is 27.1 Å². The lowest BCUT2D eigenvalue weighted by molar-refractivity contribution is 1.35. The summed E-state index contributed by atoms with van der Waals surface area (Å²) in [4.78, 5) is 10.7. The fourth-order valence-electron chi connectivity index (χ4n) is 4.10. The number of hydrogen-bond donors (Lipinski definition) is 3. The molecule has 0 saturated carbocycles. The van der Waals surface area contributed by atoms with Gasteiger partial charge in [-0.2, -0.15) is 0 Å². The molecule has 0 aliphatic rings. The zero-order valence-electron chi connectivity index (χ0n) is 14.6. The summed E-state index contributed by atoms with van der Waals surface area (Å²) in [6, 6.07) is 27.6. The molecule has 6 rings (SSSR count). The Morgan fingerprint density at radius 3 is 2.11 bits per heavy atom. The van der Waals surface area contributed by atoms with E-state index in [9.17, 15) is 0 Å². The molecular formula is C24H17N3. The maximum absolute atomic E-state index is 3.65. The number of nitrogens with one attached hydrogen (secondary N) is 3. The zero-order chi connectivity index (χ0) is 17.8. The lowest BCUT2D eigenvalue weighted by atomic mass is 10.0. The number of aromatic nitrogens is 3. The van der Waals surface area contributed by atoms with Crippen molar-refractivity contribution >= 4 is 32.6 Å². The molecule has 6 aromatic rings. The average Bonchev–Trinajstić information content (AvgIpc) is 3.41. The van der Waals surface area contributed by atoms with Gasteiger partial charge in [0.1, 0.15) is 0 Å². The van der Waals surface area contributed by atoms with Crippen molar-refractivity contribution < 1.29 is 0 Å². The van der Waals surface area contributed by atoms with Gasteiger partial charge in [-0.05, 0) is 23.6 Å². The van der Waals surface area contributed by atoms with Crippen LogP contribution in [0.2, 0.25) is 0 Å². The van der Waals surface area contributed by atoms with Crippen molar-refractivity contribution in [1.29, 1.82) is 0 Å². The van der Waals surface area contributed by atoms with Crippen LogP contribution in [0.25, 0.3) is 55.2 Å². The monoisotopic (exact) mass is 347 g/mol. The number of aromatic amines is 3. The van der Waals surface area contributed by atoms with Crippen LogP contribution in [0, 0.1) is 0 Å². The number of benzene rings is 3. The Labute approximate surface area is 155 Å². The molecule has 0 fully saturated rings. The van der Waals surface area contributed by atoms with Crippen LogP contribution >= 0.6 is 0 Å². The summed E-state index contributed by atoms with van der Waals surface area (Å²) in [7, 11) is 0. The Bertz CT molecular complexity index is 1400. The largest absolute Gasteiger partial charge is 0.359 e. The lowest BCUT2D eigenvalue weighted by Gasteiger charge is -2.03. The molecule has 0 radical (unpaired) electrons. The van der Waals surface area contributed by atoms with Crippen molar-refractivity contribution in [2.45, 2.75) is 0 Å². The molecule has 0 aliphatic carbocycles. The Morgan fingerprint density at radius 1 is 0.556 bits per heavy atom. The molecule has 3 heterocycles. The van der Waals surface area contributed by atoms with E-state index < -0.39 is 0 Å². The Balaban J connectivity index is 1.71. The van der Waals surface area contributed by atoms with E-state index in [-0.39, 0.29) is 0 Å². The molecule has 0 saturated heterocycles. The SMILES string of the molecule is c1ccc2[nH]c(-c3c(-c4[nH]cc5ccccc45)[nH]c4ccccc34)cc2c1. The first kappa shape index (κ1) is 14.4. The van der Waals surface area contributed by atoms with E-state index >= 15 is 0 Å². The molecule has 0 aliphatic heterocycles. The Kier molecular flexibility index (Phi) is 2.88. The van der Waals surface area contributed by atoms with Gasteiger partial charge in [0.05, 0.1) is 11.4 Å². The summed E-state index contributed by atoms with van der Waals surface area (Å²) in [6.45, 7) is 0. The third kappa shape index (κ3) is 2.09. The first-order valence-electron chi connectivity index (χ1n) is 9.14. The lowest BCUT2D eigenvalue weighted by Crippen LogP contribution is -1.84. The number of rotatable bonds is 2. The van der Waals surface area contributed by atoms with Crippen molar-refractivity contribution in [2.24, 2.45) is 0 Å². The average molecular weight is 347 g/mol. The summed E-state index contributed by atoms with van der Waals surface area (Å²) in [5.74, 6) is 0. The minimum atomic E-state index is 1.11. The van der Waals surface area contributed by atoms with Gasteiger partial charge < -0.3 is 15.0 Å². The highest BCUT2D eigenvalue weighted by Crippen LogP contribution is 2.40. The number of para-hydroxylation sites is 2. The third-order valence-electron chi connectivity index (χ3n) is 5.36. The van der Waals surface area contributed by atoms with E-state index in [0.29, 0.717) is 0 Å². The van der Waals surface area contributed by atoms with Gasteiger partial charge in [-0.15, -0.1) is 0 Å². The van der Waals surface area contributed by atoms with E-state index in [1.807, 2.05) is 0 Å². The van der Waals surface area contributed by atoms with Gasteiger partial charge in [-0.1, -0.05) is 60.7 Å². The Morgan fingerprint density at radius 2 is 1.26 bits per heavy atom. The predicted molar refractivity (Wildman–Crippen MR) is 113 cm³/mol. The van der Waals surface area contributed by atoms with E-state index in [4.69, 9.17) is 0 Å². The molecule has 0 spiro atoms. The van der Waals surface area contributed by atoms with Crippen LogP contribution in [0.3, 0.4) is 0 Å². The summed E-state index contributed by atoms with van der Waals surface area (Å²) < 4.78 is 0. The van der Waals surface area contributed by atoms with Crippen LogP contribution in [0.1, 0.15) is 0 Å². The molecule has 3 N–H and O–H groups in total. The molecule has 3 nitrogen and oxygen atoms in total. The fourth-order valence-corrected chi connectivity index (χ4v) is 4.10. The predicted octanol–water partition coefficient (Wildman–Crippen LogP) is 6.46. The third-order valence-corrected chi connectivity index (χ3v) is 5.36. The van der Waals surface area contributed by atoms with Gasteiger partial charge in [-0.3, -0.25) is 0 Å². The standard InChI is InChI=1S/C24H17N3/c1-3-9-17-16(8-1)14-25-23(17)24-22(18-10-4-6-12-20(18)27-24)21-13-15-7-2-5-11-19(15)26-21/h1-14,25-27H. The highest BCUT2D eigenvalue weighted by Gasteiger charge is 2.19. The van der Waals surface area contributed by atoms with Crippen LogP contribution < -0.4 is 0 Å². The summed E-state index contributed by atoms with van der Waals surface area (Å²) >= 11 is 0. The smallest absolute Gasteiger partial charge is 0.0731 e. The van der Waals surface area contributed by atoms with Crippen LogP contribution in [0.5, 0.6) is 0 Å². The van der Waals surface area contributed by atoms with Crippen molar-refractivity contribution in [3.05, 3.63) is 85.1 Å². The minimum absolute atomic E-state index is 1.11. The zero-order valence-corrected chi connectivity index (χ0v) is 14.6. The molecule has 0 atom stereocenters. The highest BCUT2D eigenvalue weighted by atomic mass is 14.8. The van der Waals surface area contributed by atoms with Gasteiger partial charge in [0.2, 0.25) is 0 Å². The van der Waals surface area contributed by atoms with Gasteiger partial charge in [0.25, 0.3) is 0 Å². The van der Waals surface area contributed by atoms with Gasteiger partial charge >= 0.3 is 0 Å². The fraction of sp³-hybridized carbons (Fsp3) is 0.